The molecule has 4 nitrogen and oxygen atoms in total. The number of nitrogens with zero attached hydrogens (tertiary/aromatic N) is 1. The van der Waals surface area contributed by atoms with Crippen LogP contribution in [0.1, 0.15) is 12.5 Å². The first-order valence-corrected chi connectivity index (χ1v) is 8.50. The van der Waals surface area contributed by atoms with Crippen molar-refractivity contribution in [3.8, 4) is 0 Å². The van der Waals surface area contributed by atoms with E-state index in [0.717, 1.165) is 22.4 Å². The molecule has 0 spiro atoms. The molecule has 17 heavy (non-hydrogen) atoms. The second-order valence-electron chi connectivity index (χ2n) is 4.04. The minimum absolute atomic E-state index is 0.103. The molecule has 0 bridgehead atoms. The number of thiophene rings is 1. The van der Waals surface area contributed by atoms with Gasteiger partial charge in [0, 0.05) is 19.6 Å². The average Bonchev–Trinajstić information content (AvgIpc) is 2.53. The molecule has 0 amide bonds. The third kappa shape index (κ3) is 2.44. The average molecular weight is 339 g/mol. The number of aryl methyl sites for hydroxylation is 1. The van der Waals surface area contributed by atoms with E-state index in [1.54, 1.807) is 10.4 Å². The summed E-state index contributed by atoms with van der Waals surface area (Å²) >= 11 is 4.65. The van der Waals surface area contributed by atoms with E-state index in [0.29, 0.717) is 10.8 Å². The summed E-state index contributed by atoms with van der Waals surface area (Å²) in [6.45, 7) is 5.80. The van der Waals surface area contributed by atoms with Gasteiger partial charge in [-0.2, -0.15) is 4.31 Å². The maximum Gasteiger partial charge on any atom is 0.252 e. The molecule has 0 aromatic carbocycles. The van der Waals surface area contributed by atoms with E-state index in [-0.39, 0.29) is 6.04 Å². The van der Waals surface area contributed by atoms with Crippen molar-refractivity contribution < 1.29 is 8.42 Å². The Balaban J connectivity index is 2.33. The van der Waals surface area contributed by atoms with Gasteiger partial charge in [0.25, 0.3) is 10.0 Å². The summed E-state index contributed by atoms with van der Waals surface area (Å²) in [6, 6.07) is 1.84. The number of rotatable bonds is 4. The highest BCUT2D eigenvalue weighted by Gasteiger charge is 2.34. The molecule has 0 saturated carbocycles. The van der Waals surface area contributed by atoms with Crippen LogP contribution in [0, 0.1) is 6.92 Å². The molecule has 0 radical (unpaired) electrons. The van der Waals surface area contributed by atoms with Crippen LogP contribution in [0.15, 0.2) is 14.1 Å². The fraction of sp³-hybridized carbons (Fsp3) is 0.600. The maximum absolute atomic E-state index is 12.5. The Labute approximate surface area is 114 Å². The van der Waals surface area contributed by atoms with Crippen LogP contribution in [0.2, 0.25) is 0 Å². The standard InChI is InChI=1S/C10H15BrN2O2S2/c1-3-13(8-5-12-6-8)17(14,15)9-4-7(2)10(11)16-9/h4,8,12H,3,5-6H2,1-2H3. The molecule has 0 unspecified atom stereocenters. The van der Waals surface area contributed by atoms with Gasteiger partial charge in [-0.25, -0.2) is 8.42 Å². The summed E-state index contributed by atoms with van der Waals surface area (Å²) in [5, 5.41) is 3.10. The van der Waals surface area contributed by atoms with Gasteiger partial charge in [0.1, 0.15) is 4.21 Å². The summed E-state index contributed by atoms with van der Waals surface area (Å²) in [5.41, 5.74) is 0.969. The third-order valence-corrected chi connectivity index (χ3v) is 7.49. The van der Waals surface area contributed by atoms with Gasteiger partial charge >= 0.3 is 0 Å². The molecule has 1 fully saturated rings. The predicted molar refractivity (Wildman–Crippen MR) is 73.0 cm³/mol. The van der Waals surface area contributed by atoms with Crippen LogP contribution in [0.3, 0.4) is 0 Å². The van der Waals surface area contributed by atoms with Crippen LogP contribution in [-0.2, 0) is 10.0 Å². The number of likely N-dealkylation sites (N-methyl/N-ethyl adjacent to an activating group) is 1. The summed E-state index contributed by atoms with van der Waals surface area (Å²) in [5.74, 6) is 0. The second kappa shape index (κ2) is 4.97. The Morgan fingerprint density at radius 3 is 2.59 bits per heavy atom. The van der Waals surface area contributed by atoms with Gasteiger partial charge in [-0.1, -0.05) is 6.92 Å². The first-order chi connectivity index (χ1) is 7.96. The van der Waals surface area contributed by atoms with Crippen molar-refractivity contribution >= 4 is 37.3 Å². The van der Waals surface area contributed by atoms with E-state index in [9.17, 15) is 8.42 Å². The van der Waals surface area contributed by atoms with Gasteiger partial charge in [-0.05, 0) is 34.5 Å². The summed E-state index contributed by atoms with van der Waals surface area (Å²) in [4.78, 5) is 0. The van der Waals surface area contributed by atoms with Gasteiger partial charge in [0.05, 0.1) is 9.83 Å². The number of sulfonamides is 1. The summed E-state index contributed by atoms with van der Waals surface area (Å²) < 4.78 is 27.8. The van der Waals surface area contributed by atoms with Crippen LogP contribution in [-0.4, -0.2) is 38.4 Å². The van der Waals surface area contributed by atoms with Crippen molar-refractivity contribution in [2.45, 2.75) is 24.1 Å². The first kappa shape index (κ1) is 13.5. The van der Waals surface area contributed by atoms with E-state index in [4.69, 9.17) is 0 Å². The molecule has 1 N–H and O–H groups in total. The lowest BCUT2D eigenvalue weighted by Gasteiger charge is -2.36. The lowest BCUT2D eigenvalue weighted by Crippen LogP contribution is -2.58. The van der Waals surface area contributed by atoms with Crippen LogP contribution in [0.5, 0.6) is 0 Å². The second-order valence-corrected chi connectivity index (χ2v) is 8.53. The Morgan fingerprint density at radius 2 is 2.24 bits per heavy atom. The molecular formula is C10H15BrN2O2S2. The van der Waals surface area contributed by atoms with Crippen molar-refractivity contribution in [1.82, 2.24) is 9.62 Å². The SMILES string of the molecule is CCN(C1CNC1)S(=O)(=O)c1cc(C)c(Br)s1. The molecule has 2 rings (SSSR count). The van der Waals surface area contributed by atoms with Crippen LogP contribution in [0.4, 0.5) is 0 Å². The summed E-state index contributed by atoms with van der Waals surface area (Å²) in [7, 11) is -3.33. The van der Waals surface area contributed by atoms with Crippen LogP contribution < -0.4 is 5.32 Å². The molecule has 0 atom stereocenters. The number of nitrogens with one attached hydrogen (secondary N) is 1. The minimum Gasteiger partial charge on any atom is -0.313 e. The monoisotopic (exact) mass is 338 g/mol. The molecule has 96 valence electrons. The molecule has 1 aliphatic heterocycles. The van der Waals surface area contributed by atoms with Gasteiger partial charge in [-0.15, -0.1) is 11.3 Å². The maximum atomic E-state index is 12.5. The smallest absolute Gasteiger partial charge is 0.252 e. The fourth-order valence-corrected chi connectivity index (χ4v) is 5.76. The molecule has 0 aliphatic carbocycles. The van der Waals surface area contributed by atoms with E-state index in [1.165, 1.54) is 11.3 Å². The zero-order chi connectivity index (χ0) is 12.6. The highest BCUT2D eigenvalue weighted by molar-refractivity contribution is 9.11. The van der Waals surface area contributed by atoms with Gasteiger partial charge in [-0.3, -0.25) is 0 Å². The highest BCUT2D eigenvalue weighted by Crippen LogP contribution is 2.33. The van der Waals surface area contributed by atoms with Crippen molar-refractivity contribution in [3.63, 3.8) is 0 Å². The zero-order valence-electron chi connectivity index (χ0n) is 9.73. The Hall–Kier alpha value is 0.0500. The molecule has 7 heteroatoms. The topological polar surface area (TPSA) is 49.4 Å². The number of hydrogen-bond donors (Lipinski definition) is 1. The van der Waals surface area contributed by atoms with E-state index < -0.39 is 10.0 Å². The molecule has 1 aliphatic rings. The van der Waals surface area contributed by atoms with E-state index in [2.05, 4.69) is 21.2 Å². The predicted octanol–water partition coefficient (Wildman–Crippen LogP) is 1.80. The largest absolute Gasteiger partial charge is 0.313 e. The van der Waals surface area contributed by atoms with E-state index >= 15 is 0 Å². The molecule has 1 aromatic heterocycles. The lowest BCUT2D eigenvalue weighted by atomic mass is 10.2. The molecule has 1 aromatic rings. The van der Waals surface area contributed by atoms with Crippen molar-refractivity contribution in [1.29, 1.82) is 0 Å². The Kier molecular flexibility index (Phi) is 3.94. The molecule has 2 heterocycles. The van der Waals surface area contributed by atoms with Crippen molar-refractivity contribution in [2.75, 3.05) is 19.6 Å². The highest BCUT2D eigenvalue weighted by atomic mass is 79.9. The molecule has 1 saturated heterocycles. The number of halogens is 1. The van der Waals surface area contributed by atoms with Gasteiger partial charge < -0.3 is 5.32 Å². The Bertz CT molecular complexity index is 489. The van der Waals surface area contributed by atoms with Gasteiger partial charge in [0.2, 0.25) is 0 Å². The normalized spacial score (nSPS) is 17.4. The lowest BCUT2D eigenvalue weighted by molar-refractivity contribution is 0.250. The van der Waals surface area contributed by atoms with E-state index in [1.807, 2.05) is 13.8 Å². The molecular weight excluding hydrogens is 324 g/mol. The first-order valence-electron chi connectivity index (χ1n) is 5.45. The summed E-state index contributed by atoms with van der Waals surface area (Å²) in [6.07, 6.45) is 0. The van der Waals surface area contributed by atoms with Crippen LogP contribution in [0.25, 0.3) is 0 Å². The van der Waals surface area contributed by atoms with Crippen molar-refractivity contribution in [3.05, 3.63) is 15.4 Å². The third-order valence-electron chi connectivity index (χ3n) is 2.88. The van der Waals surface area contributed by atoms with Crippen LogP contribution >= 0.6 is 27.3 Å². The zero-order valence-corrected chi connectivity index (χ0v) is 13.0. The number of hydrogen-bond acceptors (Lipinski definition) is 4. The van der Waals surface area contributed by atoms with Crippen molar-refractivity contribution in [2.24, 2.45) is 0 Å². The fourth-order valence-electron chi connectivity index (χ4n) is 1.78. The quantitative estimate of drug-likeness (QED) is 0.910. The minimum atomic E-state index is -3.33. The van der Waals surface area contributed by atoms with Gasteiger partial charge in [0.15, 0.2) is 0 Å². The Morgan fingerprint density at radius 1 is 1.59 bits per heavy atom.